The molecule has 8 nitrogen and oxygen atoms in total. The number of aryl methyl sites for hydroxylation is 1. The van der Waals surface area contributed by atoms with Crippen molar-refractivity contribution >= 4 is 17.7 Å². The fourth-order valence-corrected chi connectivity index (χ4v) is 2.20. The average Bonchev–Trinajstić information content (AvgIpc) is 2.91. The lowest BCUT2D eigenvalue weighted by Crippen LogP contribution is -2.13. The van der Waals surface area contributed by atoms with E-state index in [1.165, 1.54) is 11.8 Å². The highest BCUT2D eigenvalue weighted by atomic mass is 32.2. The van der Waals surface area contributed by atoms with Crippen molar-refractivity contribution in [2.24, 2.45) is 12.8 Å². The molecule has 2 rings (SSSR count). The molecule has 0 aliphatic rings. The normalized spacial score (nSPS) is 10.8. The highest BCUT2D eigenvalue weighted by molar-refractivity contribution is 7.99. The fraction of sp³-hybridized carbons (Fsp3) is 0.444. The summed E-state index contributed by atoms with van der Waals surface area (Å²) < 4.78 is 3.47. The van der Waals surface area contributed by atoms with Crippen LogP contribution in [0.5, 0.6) is 0 Å². The number of nitrogens with two attached hydrogens (primary N) is 1. The van der Waals surface area contributed by atoms with Crippen LogP contribution < -0.4 is 5.73 Å². The third-order valence-electron chi connectivity index (χ3n) is 2.21. The van der Waals surface area contributed by atoms with Crippen LogP contribution in [0.25, 0.3) is 11.5 Å². The third kappa shape index (κ3) is 2.50. The van der Waals surface area contributed by atoms with Crippen molar-refractivity contribution in [2.75, 3.05) is 5.75 Å². The smallest absolute Gasteiger partial charge is 0.227 e. The zero-order valence-electron chi connectivity index (χ0n) is 10.1. The molecule has 2 N–H and O–H groups in total. The molecule has 0 radical (unpaired) electrons. The van der Waals surface area contributed by atoms with Crippen molar-refractivity contribution in [1.82, 2.24) is 29.8 Å². The quantitative estimate of drug-likeness (QED) is 0.744. The first-order valence-corrected chi connectivity index (χ1v) is 6.31. The Balaban J connectivity index is 2.29. The van der Waals surface area contributed by atoms with Gasteiger partial charge < -0.3 is 10.3 Å². The highest BCUT2D eigenvalue weighted by Crippen LogP contribution is 2.21. The number of carbonyl (C=O) groups is 1. The summed E-state index contributed by atoms with van der Waals surface area (Å²) in [5, 5.41) is 16.6. The van der Waals surface area contributed by atoms with E-state index in [2.05, 4.69) is 20.5 Å². The summed E-state index contributed by atoms with van der Waals surface area (Å²) in [5.41, 5.74) is 5.76. The summed E-state index contributed by atoms with van der Waals surface area (Å²) in [6, 6.07) is 0. The minimum atomic E-state index is -0.383. The molecule has 0 aliphatic carbocycles. The van der Waals surface area contributed by atoms with Gasteiger partial charge in [0.05, 0.1) is 11.9 Å². The van der Waals surface area contributed by atoms with Gasteiger partial charge in [0.1, 0.15) is 0 Å². The SMILES string of the molecule is CCn1c(SCC(N)=O)nnc1-c1cn(C)nn1. The van der Waals surface area contributed by atoms with Crippen LogP contribution >= 0.6 is 11.8 Å². The molecule has 0 spiro atoms. The van der Waals surface area contributed by atoms with Crippen LogP contribution in [0.4, 0.5) is 0 Å². The fourth-order valence-electron chi connectivity index (χ4n) is 1.46. The van der Waals surface area contributed by atoms with Gasteiger partial charge in [-0.25, -0.2) is 0 Å². The number of thioether (sulfide) groups is 1. The van der Waals surface area contributed by atoms with Crippen LogP contribution in [0.15, 0.2) is 11.4 Å². The zero-order valence-corrected chi connectivity index (χ0v) is 10.9. The number of hydrogen-bond acceptors (Lipinski definition) is 6. The maximum absolute atomic E-state index is 10.8. The van der Waals surface area contributed by atoms with Crippen molar-refractivity contribution in [3.8, 4) is 11.5 Å². The molecule has 2 aromatic rings. The maximum Gasteiger partial charge on any atom is 0.227 e. The van der Waals surface area contributed by atoms with Crippen molar-refractivity contribution in [3.63, 3.8) is 0 Å². The molecular weight excluding hydrogens is 254 g/mol. The van der Waals surface area contributed by atoms with Crippen LogP contribution in [0.2, 0.25) is 0 Å². The monoisotopic (exact) mass is 267 g/mol. The van der Waals surface area contributed by atoms with Crippen molar-refractivity contribution in [3.05, 3.63) is 6.20 Å². The summed E-state index contributed by atoms with van der Waals surface area (Å²) in [4.78, 5) is 10.8. The molecule has 0 saturated carbocycles. The van der Waals surface area contributed by atoms with Crippen LogP contribution in [0.3, 0.4) is 0 Å². The van der Waals surface area contributed by atoms with E-state index in [0.717, 1.165) is 0 Å². The van der Waals surface area contributed by atoms with Crippen molar-refractivity contribution in [1.29, 1.82) is 0 Å². The Hall–Kier alpha value is -1.90. The second-order valence-corrected chi connectivity index (χ2v) is 4.53. The topological polar surface area (TPSA) is 105 Å². The van der Waals surface area contributed by atoms with Gasteiger partial charge in [0.2, 0.25) is 5.91 Å². The Bertz CT molecular complexity index is 561. The van der Waals surface area contributed by atoms with E-state index in [1.807, 2.05) is 11.5 Å². The van der Waals surface area contributed by atoms with Gasteiger partial charge in [0.15, 0.2) is 16.7 Å². The molecular formula is C9H13N7OS. The minimum Gasteiger partial charge on any atom is -0.369 e. The first-order valence-electron chi connectivity index (χ1n) is 5.32. The number of hydrogen-bond donors (Lipinski definition) is 1. The summed E-state index contributed by atoms with van der Waals surface area (Å²) in [6.07, 6.45) is 1.76. The second-order valence-electron chi connectivity index (χ2n) is 3.58. The Morgan fingerprint density at radius 2 is 2.22 bits per heavy atom. The predicted molar refractivity (Wildman–Crippen MR) is 65.6 cm³/mol. The van der Waals surface area contributed by atoms with Crippen LogP contribution in [0, 0.1) is 0 Å². The molecule has 0 fully saturated rings. The van der Waals surface area contributed by atoms with E-state index in [1.54, 1.807) is 17.9 Å². The van der Waals surface area contributed by atoms with E-state index >= 15 is 0 Å². The molecule has 0 atom stereocenters. The van der Waals surface area contributed by atoms with Gasteiger partial charge in [-0.2, -0.15) is 0 Å². The van der Waals surface area contributed by atoms with Crippen LogP contribution in [-0.2, 0) is 18.4 Å². The van der Waals surface area contributed by atoms with E-state index in [-0.39, 0.29) is 11.7 Å². The molecule has 2 aromatic heterocycles. The molecule has 96 valence electrons. The lowest BCUT2D eigenvalue weighted by molar-refractivity contribution is -0.115. The van der Waals surface area contributed by atoms with E-state index in [0.29, 0.717) is 23.2 Å². The molecule has 0 aliphatic heterocycles. The Morgan fingerprint density at radius 1 is 1.44 bits per heavy atom. The molecule has 9 heteroatoms. The Morgan fingerprint density at radius 3 is 2.78 bits per heavy atom. The number of carbonyl (C=O) groups excluding carboxylic acids is 1. The van der Waals surface area contributed by atoms with Crippen LogP contribution in [-0.4, -0.2) is 41.4 Å². The van der Waals surface area contributed by atoms with E-state index in [4.69, 9.17) is 5.73 Å². The molecule has 18 heavy (non-hydrogen) atoms. The van der Waals surface area contributed by atoms with Gasteiger partial charge in [-0.15, -0.1) is 15.3 Å². The minimum absolute atomic E-state index is 0.179. The van der Waals surface area contributed by atoms with Gasteiger partial charge in [-0.1, -0.05) is 17.0 Å². The first-order chi connectivity index (χ1) is 8.61. The largest absolute Gasteiger partial charge is 0.369 e. The third-order valence-corrected chi connectivity index (χ3v) is 3.20. The van der Waals surface area contributed by atoms with Crippen molar-refractivity contribution in [2.45, 2.75) is 18.6 Å². The Kier molecular flexibility index (Phi) is 3.60. The summed E-state index contributed by atoms with van der Waals surface area (Å²) in [7, 11) is 1.78. The molecule has 2 heterocycles. The van der Waals surface area contributed by atoms with Gasteiger partial charge in [0, 0.05) is 13.6 Å². The molecule has 0 unspecified atom stereocenters. The summed E-state index contributed by atoms with van der Waals surface area (Å²) >= 11 is 1.26. The number of primary amides is 1. The molecule has 1 amide bonds. The number of rotatable bonds is 5. The summed E-state index contributed by atoms with van der Waals surface area (Å²) in [6.45, 7) is 2.65. The number of aromatic nitrogens is 6. The number of amides is 1. The maximum atomic E-state index is 10.8. The predicted octanol–water partition coefficient (Wildman–Crippen LogP) is -0.329. The lowest BCUT2D eigenvalue weighted by atomic mass is 10.4. The van der Waals surface area contributed by atoms with Crippen LogP contribution in [0.1, 0.15) is 6.92 Å². The number of nitrogens with zero attached hydrogens (tertiary/aromatic N) is 6. The average molecular weight is 267 g/mol. The van der Waals surface area contributed by atoms with Gasteiger partial charge >= 0.3 is 0 Å². The standard InChI is InChI=1S/C9H13N7OS/c1-3-16-8(6-4-15(2)14-11-6)12-13-9(16)18-5-7(10)17/h4H,3,5H2,1-2H3,(H2,10,17). The zero-order chi connectivity index (χ0) is 13.1. The second kappa shape index (κ2) is 5.17. The molecule has 0 saturated heterocycles. The molecule has 0 aromatic carbocycles. The molecule has 0 bridgehead atoms. The van der Waals surface area contributed by atoms with Gasteiger partial charge in [-0.05, 0) is 6.92 Å². The Labute approximate surface area is 108 Å². The van der Waals surface area contributed by atoms with Gasteiger partial charge in [-0.3, -0.25) is 9.48 Å². The van der Waals surface area contributed by atoms with E-state index in [9.17, 15) is 4.79 Å². The van der Waals surface area contributed by atoms with Crippen molar-refractivity contribution < 1.29 is 4.79 Å². The highest BCUT2D eigenvalue weighted by Gasteiger charge is 2.15. The lowest BCUT2D eigenvalue weighted by Gasteiger charge is -2.03. The summed E-state index contributed by atoms with van der Waals surface area (Å²) in [5.74, 6) is 0.433. The van der Waals surface area contributed by atoms with Gasteiger partial charge in [0.25, 0.3) is 0 Å². The first kappa shape index (κ1) is 12.6. The van der Waals surface area contributed by atoms with E-state index < -0.39 is 0 Å².